The zero-order chi connectivity index (χ0) is 12.0. The number of carbonyl (C=O) groups excluding carboxylic acids is 2. The number of nitrogens with one attached hydrogen (secondary N) is 1. The average Bonchev–Trinajstić information content (AvgIpc) is 2.74. The van der Waals surface area contributed by atoms with Crippen molar-refractivity contribution >= 4 is 29.5 Å². The maximum absolute atomic E-state index is 11.3. The molecule has 0 unspecified atom stereocenters. The van der Waals surface area contributed by atoms with Crippen molar-refractivity contribution in [2.45, 2.75) is 6.92 Å². The van der Waals surface area contributed by atoms with Crippen LogP contribution in [0.1, 0.15) is 6.92 Å². The fourth-order valence-corrected chi connectivity index (χ4v) is 2.37. The maximum atomic E-state index is 11.3. The van der Waals surface area contributed by atoms with Gasteiger partial charge in [0.15, 0.2) is 0 Å². The molecule has 1 atom stereocenters. The normalized spacial score (nSPS) is 21.9. The molecule has 0 aliphatic carbocycles. The van der Waals surface area contributed by atoms with E-state index in [0.29, 0.717) is 17.2 Å². The van der Waals surface area contributed by atoms with Gasteiger partial charge in [0.05, 0.1) is 19.4 Å². The standard InChI is InChI=1S/C9H14N2O4S/c1-3-15-9(13)11-10-7-5-16-4-6(7)8(12)14-2/h6H,3-5H2,1-2H3,(H,11,13)/t6-/m1/s1. The number of methoxy groups -OCH3 is 1. The van der Waals surface area contributed by atoms with E-state index in [2.05, 4.69) is 20.0 Å². The SMILES string of the molecule is CCOC(=O)NN=C1CSC[C@H]1C(=O)OC. The van der Waals surface area contributed by atoms with E-state index >= 15 is 0 Å². The Labute approximate surface area is 97.7 Å². The molecule has 1 saturated heterocycles. The Bertz CT molecular complexity index is 306. The molecule has 7 heteroatoms. The largest absolute Gasteiger partial charge is 0.468 e. The van der Waals surface area contributed by atoms with E-state index in [0.717, 1.165) is 0 Å². The van der Waals surface area contributed by atoms with Crippen LogP contribution in [0.15, 0.2) is 5.10 Å². The van der Waals surface area contributed by atoms with Crippen molar-refractivity contribution in [3.05, 3.63) is 0 Å². The first-order chi connectivity index (χ1) is 7.69. The minimum atomic E-state index is -0.615. The summed E-state index contributed by atoms with van der Waals surface area (Å²) in [6.45, 7) is 1.99. The lowest BCUT2D eigenvalue weighted by atomic mass is 10.1. The van der Waals surface area contributed by atoms with Gasteiger partial charge in [-0.25, -0.2) is 10.2 Å². The van der Waals surface area contributed by atoms with Gasteiger partial charge >= 0.3 is 12.1 Å². The van der Waals surface area contributed by atoms with Gasteiger partial charge in [-0.2, -0.15) is 16.9 Å². The zero-order valence-electron chi connectivity index (χ0n) is 9.19. The molecule has 90 valence electrons. The van der Waals surface area contributed by atoms with Crippen LogP contribution in [-0.2, 0) is 14.3 Å². The van der Waals surface area contributed by atoms with Crippen molar-refractivity contribution in [3.63, 3.8) is 0 Å². The molecule has 0 spiro atoms. The second-order valence-electron chi connectivity index (χ2n) is 3.03. The number of rotatable bonds is 3. The van der Waals surface area contributed by atoms with E-state index in [-0.39, 0.29) is 18.5 Å². The summed E-state index contributed by atoms with van der Waals surface area (Å²) in [5.41, 5.74) is 2.86. The molecule has 1 heterocycles. The van der Waals surface area contributed by atoms with Crippen molar-refractivity contribution in [1.82, 2.24) is 5.43 Å². The topological polar surface area (TPSA) is 77.0 Å². The molecule has 1 amide bonds. The van der Waals surface area contributed by atoms with Crippen LogP contribution in [0, 0.1) is 5.92 Å². The van der Waals surface area contributed by atoms with E-state index in [1.165, 1.54) is 7.11 Å². The molecule has 0 aromatic heterocycles. The lowest BCUT2D eigenvalue weighted by Crippen LogP contribution is -2.27. The Kier molecular flexibility index (Phi) is 5.10. The van der Waals surface area contributed by atoms with E-state index in [9.17, 15) is 9.59 Å². The molecular formula is C9H14N2O4S. The van der Waals surface area contributed by atoms with Crippen LogP contribution in [0.3, 0.4) is 0 Å². The second kappa shape index (κ2) is 6.37. The molecule has 0 bridgehead atoms. The number of hydrazone groups is 1. The van der Waals surface area contributed by atoms with Crippen molar-refractivity contribution < 1.29 is 19.1 Å². The van der Waals surface area contributed by atoms with Crippen LogP contribution < -0.4 is 5.43 Å². The van der Waals surface area contributed by atoms with Gasteiger partial charge in [-0.3, -0.25) is 4.79 Å². The smallest absolute Gasteiger partial charge is 0.427 e. The predicted octanol–water partition coefficient (Wildman–Crippen LogP) is 0.624. The Hall–Kier alpha value is -1.24. The van der Waals surface area contributed by atoms with E-state index in [1.54, 1.807) is 18.7 Å². The molecule has 1 rings (SSSR count). The molecule has 1 aliphatic rings. The Balaban J connectivity index is 2.54. The molecule has 16 heavy (non-hydrogen) atoms. The molecule has 0 saturated carbocycles. The van der Waals surface area contributed by atoms with Crippen LogP contribution in [0.25, 0.3) is 0 Å². The van der Waals surface area contributed by atoms with Crippen molar-refractivity contribution in [1.29, 1.82) is 0 Å². The molecule has 1 fully saturated rings. The summed E-state index contributed by atoms with van der Waals surface area (Å²) >= 11 is 1.58. The van der Waals surface area contributed by atoms with Gasteiger partial charge in [-0.05, 0) is 6.92 Å². The predicted molar refractivity (Wildman–Crippen MR) is 60.4 cm³/mol. The molecule has 0 aromatic rings. The quantitative estimate of drug-likeness (QED) is 0.583. The third-order valence-corrected chi connectivity index (χ3v) is 3.06. The van der Waals surface area contributed by atoms with Gasteiger partial charge in [-0.15, -0.1) is 0 Å². The van der Waals surface area contributed by atoms with E-state index in [1.807, 2.05) is 0 Å². The average molecular weight is 246 g/mol. The molecule has 0 radical (unpaired) electrons. The van der Waals surface area contributed by atoms with Crippen LogP contribution in [0.5, 0.6) is 0 Å². The van der Waals surface area contributed by atoms with Crippen LogP contribution in [0.4, 0.5) is 4.79 Å². The Morgan fingerprint density at radius 2 is 2.38 bits per heavy atom. The minimum Gasteiger partial charge on any atom is -0.468 e. The molecule has 0 aromatic carbocycles. The second-order valence-corrected chi connectivity index (χ2v) is 4.06. The fraction of sp³-hybridized carbons (Fsp3) is 0.667. The highest BCUT2D eigenvalue weighted by Gasteiger charge is 2.31. The maximum Gasteiger partial charge on any atom is 0.427 e. The van der Waals surface area contributed by atoms with Gasteiger partial charge in [0.1, 0.15) is 5.92 Å². The number of hydrogen-bond acceptors (Lipinski definition) is 6. The number of ether oxygens (including phenoxy) is 2. The summed E-state index contributed by atoms with van der Waals surface area (Å²) < 4.78 is 9.29. The molecule has 6 nitrogen and oxygen atoms in total. The van der Waals surface area contributed by atoms with Gasteiger partial charge in [-0.1, -0.05) is 0 Å². The summed E-state index contributed by atoms with van der Waals surface area (Å²) in [6, 6.07) is 0. The van der Waals surface area contributed by atoms with Crippen LogP contribution >= 0.6 is 11.8 Å². The number of nitrogens with zero attached hydrogens (tertiary/aromatic N) is 1. The molecular weight excluding hydrogens is 232 g/mol. The number of thioether (sulfide) groups is 1. The molecule has 1 aliphatic heterocycles. The minimum absolute atomic E-state index is 0.284. The van der Waals surface area contributed by atoms with Gasteiger partial charge < -0.3 is 9.47 Å². The third kappa shape index (κ3) is 3.41. The lowest BCUT2D eigenvalue weighted by Gasteiger charge is -2.07. The van der Waals surface area contributed by atoms with E-state index < -0.39 is 6.09 Å². The van der Waals surface area contributed by atoms with Crippen molar-refractivity contribution in [3.8, 4) is 0 Å². The van der Waals surface area contributed by atoms with Crippen LogP contribution in [0.2, 0.25) is 0 Å². The first-order valence-corrected chi connectivity index (χ1v) is 5.99. The van der Waals surface area contributed by atoms with Crippen LogP contribution in [-0.4, -0.2) is 43.0 Å². The summed E-state index contributed by atoms with van der Waals surface area (Å²) in [6.07, 6.45) is -0.615. The highest BCUT2D eigenvalue weighted by atomic mass is 32.2. The fourth-order valence-electron chi connectivity index (χ4n) is 1.22. The first kappa shape index (κ1) is 12.8. The lowest BCUT2D eigenvalue weighted by molar-refractivity contribution is -0.142. The zero-order valence-corrected chi connectivity index (χ0v) is 10.0. The number of esters is 1. The highest BCUT2D eigenvalue weighted by Crippen LogP contribution is 2.22. The Morgan fingerprint density at radius 1 is 1.62 bits per heavy atom. The highest BCUT2D eigenvalue weighted by molar-refractivity contribution is 8.00. The first-order valence-electron chi connectivity index (χ1n) is 4.83. The van der Waals surface area contributed by atoms with E-state index in [4.69, 9.17) is 0 Å². The number of amides is 1. The Morgan fingerprint density at radius 3 is 3.00 bits per heavy atom. The summed E-state index contributed by atoms with van der Waals surface area (Å²) in [5, 5.41) is 3.86. The monoisotopic (exact) mass is 246 g/mol. The summed E-state index contributed by atoms with van der Waals surface area (Å²) in [7, 11) is 1.34. The van der Waals surface area contributed by atoms with Crippen molar-refractivity contribution in [2.75, 3.05) is 25.2 Å². The summed E-state index contributed by atoms with van der Waals surface area (Å²) in [5.74, 6) is 0.564. The number of hydrogen-bond donors (Lipinski definition) is 1. The van der Waals surface area contributed by atoms with Crippen molar-refractivity contribution in [2.24, 2.45) is 11.0 Å². The molecule has 1 N–H and O–H groups in total. The van der Waals surface area contributed by atoms with Gasteiger partial charge in [0, 0.05) is 11.5 Å². The third-order valence-electron chi connectivity index (χ3n) is 1.99. The van der Waals surface area contributed by atoms with Gasteiger partial charge in [0.2, 0.25) is 0 Å². The van der Waals surface area contributed by atoms with Gasteiger partial charge in [0.25, 0.3) is 0 Å². The summed E-state index contributed by atoms with van der Waals surface area (Å²) in [4.78, 5) is 22.3. The number of carbonyl (C=O) groups is 2.